The van der Waals surface area contributed by atoms with Gasteiger partial charge in [0, 0.05) is 13.6 Å². The molecule has 0 aliphatic rings. The molecule has 9 heteroatoms. The first-order valence-corrected chi connectivity index (χ1v) is 7.97. The Morgan fingerprint density at radius 3 is 2.83 bits per heavy atom. The quantitative estimate of drug-likeness (QED) is 0.697. The van der Waals surface area contributed by atoms with Crippen LogP contribution in [0.3, 0.4) is 0 Å². The molecule has 24 heavy (non-hydrogen) atoms. The third kappa shape index (κ3) is 3.40. The number of amides is 1. The van der Waals surface area contributed by atoms with Crippen LogP contribution in [0, 0.1) is 5.82 Å². The topological polar surface area (TPSA) is 73.0 Å². The molecule has 3 aromatic rings. The van der Waals surface area contributed by atoms with Gasteiger partial charge < -0.3 is 4.90 Å². The minimum Gasteiger partial charge on any atom is -0.340 e. The van der Waals surface area contributed by atoms with Gasteiger partial charge in [-0.25, -0.2) is 9.18 Å². The number of aromatic nitrogens is 4. The van der Waals surface area contributed by atoms with Crippen molar-refractivity contribution in [2.45, 2.75) is 13.1 Å². The van der Waals surface area contributed by atoms with E-state index in [1.807, 2.05) is 5.38 Å². The SMILES string of the molecule is CN(Cc1cccc(F)c1)C(=O)Cn1nnn(-c2cccs2)c1=O. The van der Waals surface area contributed by atoms with Crippen LogP contribution < -0.4 is 5.69 Å². The van der Waals surface area contributed by atoms with Crippen molar-refractivity contribution < 1.29 is 9.18 Å². The highest BCUT2D eigenvalue weighted by Gasteiger charge is 2.16. The molecule has 3 rings (SSSR count). The molecule has 7 nitrogen and oxygen atoms in total. The van der Waals surface area contributed by atoms with E-state index in [9.17, 15) is 14.0 Å². The maximum absolute atomic E-state index is 13.2. The monoisotopic (exact) mass is 347 g/mol. The van der Waals surface area contributed by atoms with Crippen LogP contribution in [-0.2, 0) is 17.9 Å². The Morgan fingerprint density at radius 2 is 2.12 bits per heavy atom. The van der Waals surface area contributed by atoms with Crippen LogP contribution in [-0.4, -0.2) is 37.6 Å². The van der Waals surface area contributed by atoms with E-state index in [1.54, 1.807) is 31.3 Å². The molecule has 0 aliphatic carbocycles. The van der Waals surface area contributed by atoms with Crippen molar-refractivity contribution >= 4 is 17.2 Å². The van der Waals surface area contributed by atoms with Crippen LogP contribution in [0.1, 0.15) is 5.56 Å². The molecule has 1 amide bonds. The van der Waals surface area contributed by atoms with Crippen molar-refractivity contribution in [3.63, 3.8) is 0 Å². The number of benzene rings is 1. The molecule has 0 aliphatic heterocycles. The van der Waals surface area contributed by atoms with Crippen molar-refractivity contribution in [1.82, 2.24) is 24.7 Å². The second-order valence-electron chi connectivity index (χ2n) is 5.16. The normalized spacial score (nSPS) is 10.8. The largest absolute Gasteiger partial charge is 0.369 e. The van der Waals surface area contributed by atoms with Gasteiger partial charge in [0.2, 0.25) is 5.91 Å². The van der Waals surface area contributed by atoms with E-state index < -0.39 is 5.69 Å². The lowest BCUT2D eigenvalue weighted by molar-refractivity contribution is -0.131. The van der Waals surface area contributed by atoms with E-state index in [1.165, 1.54) is 28.4 Å². The molecule has 2 aromatic heterocycles. The molecule has 0 atom stereocenters. The van der Waals surface area contributed by atoms with Crippen molar-refractivity contribution in [3.8, 4) is 5.00 Å². The zero-order valence-corrected chi connectivity index (χ0v) is 13.6. The summed E-state index contributed by atoms with van der Waals surface area (Å²) in [5.41, 5.74) is 0.186. The van der Waals surface area contributed by atoms with Crippen LogP contribution in [0.2, 0.25) is 0 Å². The minimum absolute atomic E-state index is 0.226. The number of likely N-dealkylation sites (N-methyl/N-ethyl adjacent to an activating group) is 1. The van der Waals surface area contributed by atoms with Gasteiger partial charge in [0.25, 0.3) is 0 Å². The van der Waals surface area contributed by atoms with Gasteiger partial charge in [-0.05, 0) is 45.6 Å². The van der Waals surface area contributed by atoms with Crippen molar-refractivity contribution in [2.75, 3.05) is 7.05 Å². The number of carbonyl (C=O) groups is 1. The Labute approximate surface area is 140 Å². The molecule has 0 N–H and O–H groups in total. The number of carbonyl (C=O) groups excluding carboxylic acids is 1. The fourth-order valence-corrected chi connectivity index (χ4v) is 2.82. The van der Waals surface area contributed by atoms with Gasteiger partial charge in [-0.15, -0.1) is 11.3 Å². The number of nitrogens with zero attached hydrogens (tertiary/aromatic N) is 5. The molecule has 1 aromatic carbocycles. The maximum Gasteiger partial charge on any atom is 0.369 e. The first-order valence-electron chi connectivity index (χ1n) is 7.09. The molecule has 0 spiro atoms. The lowest BCUT2D eigenvalue weighted by Crippen LogP contribution is -2.34. The van der Waals surface area contributed by atoms with Gasteiger partial charge >= 0.3 is 5.69 Å². The number of hydrogen-bond acceptors (Lipinski definition) is 5. The molecule has 0 bridgehead atoms. The highest BCUT2D eigenvalue weighted by molar-refractivity contribution is 7.12. The van der Waals surface area contributed by atoms with Gasteiger partial charge in [0.1, 0.15) is 17.4 Å². The number of rotatable bonds is 5. The third-order valence-electron chi connectivity index (χ3n) is 3.37. The molecule has 2 heterocycles. The van der Waals surface area contributed by atoms with Crippen LogP contribution in [0.5, 0.6) is 0 Å². The summed E-state index contributed by atoms with van der Waals surface area (Å²) < 4.78 is 15.3. The van der Waals surface area contributed by atoms with E-state index in [0.29, 0.717) is 10.6 Å². The summed E-state index contributed by atoms with van der Waals surface area (Å²) in [6, 6.07) is 9.55. The van der Waals surface area contributed by atoms with Gasteiger partial charge in [0.15, 0.2) is 0 Å². The zero-order valence-electron chi connectivity index (χ0n) is 12.8. The summed E-state index contributed by atoms with van der Waals surface area (Å²) >= 11 is 1.35. The summed E-state index contributed by atoms with van der Waals surface area (Å²) in [5.74, 6) is -0.678. The number of tetrazole rings is 1. The Balaban J connectivity index is 1.70. The Bertz CT molecular complexity index is 903. The second-order valence-corrected chi connectivity index (χ2v) is 6.09. The Hall–Kier alpha value is -2.81. The van der Waals surface area contributed by atoms with Crippen molar-refractivity contribution in [2.24, 2.45) is 0 Å². The number of hydrogen-bond donors (Lipinski definition) is 0. The van der Waals surface area contributed by atoms with Gasteiger partial charge in [-0.1, -0.05) is 12.1 Å². The minimum atomic E-state index is -0.482. The average molecular weight is 347 g/mol. The molecule has 0 saturated heterocycles. The summed E-state index contributed by atoms with van der Waals surface area (Å²) in [4.78, 5) is 25.9. The molecule has 0 unspecified atom stereocenters. The molecule has 0 saturated carbocycles. The van der Waals surface area contributed by atoms with Crippen LogP contribution >= 0.6 is 11.3 Å². The lowest BCUT2D eigenvalue weighted by atomic mass is 10.2. The van der Waals surface area contributed by atoms with Crippen LogP contribution in [0.25, 0.3) is 5.00 Å². The zero-order chi connectivity index (χ0) is 17.1. The van der Waals surface area contributed by atoms with Crippen molar-refractivity contribution in [3.05, 3.63) is 63.6 Å². The Morgan fingerprint density at radius 1 is 1.29 bits per heavy atom. The molecule has 0 radical (unpaired) electrons. The molecular formula is C15H14FN5O2S. The van der Waals surface area contributed by atoms with Gasteiger partial charge in [-0.2, -0.15) is 9.36 Å². The highest BCUT2D eigenvalue weighted by atomic mass is 32.1. The van der Waals surface area contributed by atoms with E-state index >= 15 is 0 Å². The predicted octanol–water partition coefficient (Wildman–Crippen LogP) is 1.29. The summed E-state index contributed by atoms with van der Waals surface area (Å²) in [5, 5.41) is 9.95. The summed E-state index contributed by atoms with van der Waals surface area (Å²) in [6.07, 6.45) is 0. The number of thiophene rings is 1. The second kappa shape index (κ2) is 6.75. The Kier molecular flexibility index (Phi) is 4.52. The van der Waals surface area contributed by atoms with Gasteiger partial charge in [-0.3, -0.25) is 4.79 Å². The smallest absolute Gasteiger partial charge is 0.340 e. The predicted molar refractivity (Wildman–Crippen MR) is 86.4 cm³/mol. The fraction of sp³-hybridized carbons (Fsp3) is 0.200. The first-order chi connectivity index (χ1) is 11.5. The molecule has 124 valence electrons. The summed E-state index contributed by atoms with van der Waals surface area (Å²) in [6.45, 7) is 0.0143. The van der Waals surface area contributed by atoms with E-state index in [0.717, 1.165) is 9.36 Å². The maximum atomic E-state index is 13.2. The van der Waals surface area contributed by atoms with Crippen LogP contribution in [0.15, 0.2) is 46.6 Å². The van der Waals surface area contributed by atoms with Gasteiger partial charge in [0.05, 0.1) is 0 Å². The lowest BCUT2D eigenvalue weighted by Gasteiger charge is -2.16. The van der Waals surface area contributed by atoms with E-state index in [2.05, 4.69) is 10.4 Å². The van der Waals surface area contributed by atoms with Crippen LogP contribution in [0.4, 0.5) is 4.39 Å². The van der Waals surface area contributed by atoms with Crippen molar-refractivity contribution in [1.29, 1.82) is 0 Å². The molecular weight excluding hydrogens is 333 g/mol. The fourth-order valence-electron chi connectivity index (χ4n) is 2.15. The summed E-state index contributed by atoms with van der Waals surface area (Å²) in [7, 11) is 1.59. The first kappa shape index (κ1) is 16.1. The van der Waals surface area contributed by atoms with E-state index in [4.69, 9.17) is 0 Å². The highest BCUT2D eigenvalue weighted by Crippen LogP contribution is 2.10. The average Bonchev–Trinajstić information content (AvgIpc) is 3.18. The van der Waals surface area contributed by atoms with E-state index in [-0.39, 0.29) is 24.8 Å². The number of halogens is 1. The molecule has 0 fully saturated rings. The standard InChI is InChI=1S/C15H14FN5O2S/c1-19(9-11-4-2-5-12(16)8-11)13(22)10-20-15(23)21(18-17-20)14-6-3-7-24-14/h2-8H,9-10H2,1H3. The third-order valence-corrected chi connectivity index (χ3v) is 4.22.